The molecule has 1 unspecified atom stereocenters. The molecule has 0 bridgehead atoms. The Kier molecular flexibility index (Phi) is 7.89. The van der Waals surface area contributed by atoms with Gasteiger partial charge in [-0.3, -0.25) is 9.59 Å². The Hall–Kier alpha value is -2.82. The summed E-state index contributed by atoms with van der Waals surface area (Å²) in [5, 5.41) is 2.86. The monoisotopic (exact) mass is 408 g/mol. The smallest absolute Gasteiger partial charge is 0.227 e. The van der Waals surface area contributed by atoms with Gasteiger partial charge in [0.1, 0.15) is 11.5 Å². The van der Waals surface area contributed by atoms with Crippen LogP contribution in [0.3, 0.4) is 0 Å². The summed E-state index contributed by atoms with van der Waals surface area (Å²) >= 11 is 0. The van der Waals surface area contributed by atoms with Crippen molar-refractivity contribution in [3.63, 3.8) is 0 Å². The molecule has 0 aliphatic carbocycles. The Labute approximate surface area is 179 Å². The van der Waals surface area contributed by atoms with E-state index in [2.05, 4.69) is 17.4 Å². The Bertz CT molecular complexity index is 812. The fraction of sp³-hybridized carbons (Fsp3) is 0.440. The number of piperidine rings is 1. The number of para-hydroxylation sites is 1. The maximum atomic E-state index is 12.8. The lowest BCUT2D eigenvalue weighted by atomic mass is 9.89. The fourth-order valence-electron chi connectivity index (χ4n) is 3.89. The lowest BCUT2D eigenvalue weighted by molar-refractivity contribution is -0.136. The van der Waals surface area contributed by atoms with Crippen LogP contribution in [-0.2, 0) is 9.59 Å². The number of rotatable bonds is 8. The second-order valence-electron chi connectivity index (χ2n) is 7.85. The van der Waals surface area contributed by atoms with E-state index in [1.54, 1.807) is 0 Å². The van der Waals surface area contributed by atoms with Crippen LogP contribution in [0.15, 0.2) is 54.6 Å². The Balaban J connectivity index is 1.51. The van der Waals surface area contributed by atoms with Crippen molar-refractivity contribution >= 4 is 11.8 Å². The van der Waals surface area contributed by atoms with E-state index in [1.165, 1.54) is 5.56 Å². The Morgan fingerprint density at radius 3 is 2.23 bits per heavy atom. The van der Waals surface area contributed by atoms with Crippen LogP contribution in [0.2, 0.25) is 0 Å². The summed E-state index contributed by atoms with van der Waals surface area (Å²) in [4.78, 5) is 26.3. The maximum Gasteiger partial charge on any atom is 0.227 e. The third kappa shape index (κ3) is 5.85. The average Bonchev–Trinajstić information content (AvgIpc) is 2.80. The zero-order valence-electron chi connectivity index (χ0n) is 18.0. The number of likely N-dealkylation sites (tertiary alicyclic amines) is 1. The zero-order valence-corrected chi connectivity index (χ0v) is 18.0. The van der Waals surface area contributed by atoms with Crippen LogP contribution >= 0.6 is 0 Å². The van der Waals surface area contributed by atoms with Gasteiger partial charge in [0.2, 0.25) is 11.8 Å². The number of nitrogens with one attached hydrogen (secondary N) is 1. The summed E-state index contributed by atoms with van der Waals surface area (Å²) in [7, 11) is 0. The SMILES string of the molecule is CCC(=O)NCC(CC)C(=O)N1CCC(c2ccc(Oc3ccccc3)cc2)CC1. The maximum absolute atomic E-state index is 12.8. The van der Waals surface area contributed by atoms with E-state index in [-0.39, 0.29) is 17.7 Å². The first kappa shape index (κ1) is 21.9. The van der Waals surface area contributed by atoms with Crippen LogP contribution in [0.5, 0.6) is 11.5 Å². The van der Waals surface area contributed by atoms with Crippen LogP contribution in [0.25, 0.3) is 0 Å². The van der Waals surface area contributed by atoms with E-state index in [1.807, 2.05) is 61.2 Å². The van der Waals surface area contributed by atoms with Crippen molar-refractivity contribution in [2.75, 3.05) is 19.6 Å². The van der Waals surface area contributed by atoms with E-state index in [9.17, 15) is 9.59 Å². The molecule has 0 radical (unpaired) electrons. The minimum Gasteiger partial charge on any atom is -0.457 e. The normalized spacial score (nSPS) is 15.5. The van der Waals surface area contributed by atoms with Gasteiger partial charge in [0, 0.05) is 26.1 Å². The van der Waals surface area contributed by atoms with E-state index in [0.717, 1.165) is 43.9 Å². The van der Waals surface area contributed by atoms with E-state index >= 15 is 0 Å². The van der Waals surface area contributed by atoms with Gasteiger partial charge in [0.05, 0.1) is 5.92 Å². The largest absolute Gasteiger partial charge is 0.457 e. The summed E-state index contributed by atoms with van der Waals surface area (Å²) < 4.78 is 5.87. The Morgan fingerprint density at radius 1 is 1.00 bits per heavy atom. The summed E-state index contributed by atoms with van der Waals surface area (Å²) in [5.41, 5.74) is 1.30. The van der Waals surface area contributed by atoms with Gasteiger partial charge in [0.25, 0.3) is 0 Å². The van der Waals surface area contributed by atoms with Crippen molar-refractivity contribution in [3.8, 4) is 11.5 Å². The summed E-state index contributed by atoms with van der Waals surface area (Å²) in [6.07, 6.45) is 3.11. The van der Waals surface area contributed by atoms with Crippen LogP contribution in [0.4, 0.5) is 0 Å². The van der Waals surface area contributed by atoms with Gasteiger partial charge in [-0.05, 0) is 55.0 Å². The van der Waals surface area contributed by atoms with Crippen molar-refractivity contribution in [1.82, 2.24) is 10.2 Å². The molecule has 160 valence electrons. The highest BCUT2D eigenvalue weighted by Gasteiger charge is 2.28. The number of amides is 2. The van der Waals surface area contributed by atoms with Crippen molar-refractivity contribution in [1.29, 1.82) is 0 Å². The van der Waals surface area contributed by atoms with Crippen molar-refractivity contribution in [2.45, 2.75) is 45.4 Å². The predicted octanol–water partition coefficient (Wildman–Crippen LogP) is 4.74. The van der Waals surface area contributed by atoms with Gasteiger partial charge < -0.3 is 15.0 Å². The standard InChI is InChI=1S/C25H32N2O3/c1-3-19(18-26-24(28)4-2)25(29)27-16-14-21(15-17-27)20-10-12-23(13-11-20)30-22-8-6-5-7-9-22/h5-13,19,21H,3-4,14-18H2,1-2H3,(H,26,28). The van der Waals surface area contributed by atoms with Crippen molar-refractivity contribution < 1.29 is 14.3 Å². The number of ether oxygens (including phenoxy) is 1. The molecule has 1 fully saturated rings. The van der Waals surface area contributed by atoms with Crippen molar-refractivity contribution in [3.05, 3.63) is 60.2 Å². The summed E-state index contributed by atoms with van der Waals surface area (Å²) in [6.45, 7) is 5.80. The number of hydrogen-bond acceptors (Lipinski definition) is 3. The average molecular weight is 409 g/mol. The molecule has 3 rings (SSSR count). The third-order valence-electron chi connectivity index (χ3n) is 5.85. The number of carbonyl (C=O) groups excluding carboxylic acids is 2. The Morgan fingerprint density at radius 2 is 1.63 bits per heavy atom. The van der Waals surface area contributed by atoms with E-state index in [0.29, 0.717) is 18.9 Å². The lowest BCUT2D eigenvalue weighted by Gasteiger charge is -2.34. The van der Waals surface area contributed by atoms with Crippen LogP contribution in [-0.4, -0.2) is 36.3 Å². The molecule has 1 N–H and O–H groups in total. The third-order valence-corrected chi connectivity index (χ3v) is 5.85. The molecule has 30 heavy (non-hydrogen) atoms. The molecular weight excluding hydrogens is 376 g/mol. The molecule has 2 aromatic carbocycles. The number of nitrogens with zero attached hydrogens (tertiary/aromatic N) is 1. The van der Waals surface area contributed by atoms with E-state index < -0.39 is 0 Å². The van der Waals surface area contributed by atoms with Gasteiger partial charge >= 0.3 is 0 Å². The summed E-state index contributed by atoms with van der Waals surface area (Å²) in [6, 6.07) is 18.1. The molecule has 5 nitrogen and oxygen atoms in total. The first-order chi connectivity index (χ1) is 14.6. The highest BCUT2D eigenvalue weighted by atomic mass is 16.5. The van der Waals surface area contributed by atoms with Crippen LogP contribution in [0.1, 0.15) is 51.0 Å². The second-order valence-corrected chi connectivity index (χ2v) is 7.85. The molecule has 1 heterocycles. The number of hydrogen-bond donors (Lipinski definition) is 1. The van der Waals surface area contributed by atoms with Gasteiger partial charge in [-0.25, -0.2) is 0 Å². The minimum absolute atomic E-state index is 0.000325. The topological polar surface area (TPSA) is 58.6 Å². The zero-order chi connectivity index (χ0) is 21.3. The first-order valence-electron chi connectivity index (χ1n) is 11.0. The van der Waals surface area contributed by atoms with E-state index in [4.69, 9.17) is 4.74 Å². The molecule has 1 aliphatic heterocycles. The van der Waals surface area contributed by atoms with Crippen LogP contribution in [0, 0.1) is 5.92 Å². The molecular formula is C25H32N2O3. The number of benzene rings is 2. The fourth-order valence-corrected chi connectivity index (χ4v) is 3.89. The highest BCUT2D eigenvalue weighted by molar-refractivity contribution is 5.81. The van der Waals surface area contributed by atoms with Gasteiger partial charge in [-0.1, -0.05) is 44.2 Å². The van der Waals surface area contributed by atoms with Crippen LogP contribution < -0.4 is 10.1 Å². The second kappa shape index (κ2) is 10.8. The van der Waals surface area contributed by atoms with Crippen molar-refractivity contribution in [2.24, 2.45) is 5.92 Å². The minimum atomic E-state index is -0.133. The molecule has 5 heteroatoms. The first-order valence-corrected chi connectivity index (χ1v) is 11.0. The lowest BCUT2D eigenvalue weighted by Crippen LogP contribution is -2.44. The molecule has 1 saturated heterocycles. The quantitative estimate of drug-likeness (QED) is 0.686. The highest BCUT2D eigenvalue weighted by Crippen LogP contribution is 2.31. The number of carbonyl (C=O) groups is 2. The molecule has 2 aromatic rings. The molecule has 1 aliphatic rings. The molecule has 0 aromatic heterocycles. The molecule has 1 atom stereocenters. The van der Waals surface area contributed by atoms with Gasteiger partial charge in [-0.2, -0.15) is 0 Å². The van der Waals surface area contributed by atoms with Gasteiger partial charge in [-0.15, -0.1) is 0 Å². The molecule has 0 saturated carbocycles. The molecule has 0 spiro atoms. The predicted molar refractivity (Wildman–Crippen MR) is 119 cm³/mol. The van der Waals surface area contributed by atoms with Gasteiger partial charge in [0.15, 0.2) is 0 Å². The summed E-state index contributed by atoms with van der Waals surface area (Å²) in [5.74, 6) is 2.15. The molecule has 2 amide bonds.